The van der Waals surface area contributed by atoms with E-state index in [4.69, 9.17) is 19.9 Å². The zero-order valence-corrected chi connectivity index (χ0v) is 33.3. The third-order valence-corrected chi connectivity index (χ3v) is 9.48. The molecule has 0 aromatic carbocycles. The van der Waals surface area contributed by atoms with E-state index >= 15 is 0 Å². The molecule has 0 saturated heterocycles. The first-order chi connectivity index (χ1) is 22.7. The summed E-state index contributed by atoms with van der Waals surface area (Å²) in [5.74, 6) is 0. The van der Waals surface area contributed by atoms with Gasteiger partial charge in [-0.2, -0.15) is 0 Å². The van der Waals surface area contributed by atoms with E-state index in [9.17, 15) is 0 Å². The summed E-state index contributed by atoms with van der Waals surface area (Å²) in [6, 6.07) is 0.0620. The first-order valence-electron chi connectivity index (χ1n) is 21.2. The van der Waals surface area contributed by atoms with Gasteiger partial charge in [-0.3, -0.25) is 0 Å². The standard InChI is InChI=1S/C42H87NO3.ClH/c1-4-6-8-10-12-14-16-18-20-22-24-26-28-30-32-34-36-44-39-42(40-45-38-41(3)43)46-37-35-33-31-29-27-25-23-21-19-17-15-13-11-9-7-5-2;/h41-42H,4-40,43H2,1-3H3;1H. The molecular formula is C42H88ClNO3. The van der Waals surface area contributed by atoms with Crippen LogP contribution >= 0.6 is 12.4 Å². The Morgan fingerprint density at radius 2 is 0.638 bits per heavy atom. The van der Waals surface area contributed by atoms with E-state index in [-0.39, 0.29) is 24.6 Å². The van der Waals surface area contributed by atoms with Gasteiger partial charge in [0.2, 0.25) is 0 Å². The van der Waals surface area contributed by atoms with E-state index in [0.29, 0.717) is 19.8 Å². The lowest BCUT2D eigenvalue weighted by Gasteiger charge is -2.19. The highest BCUT2D eigenvalue weighted by Crippen LogP contribution is 2.15. The van der Waals surface area contributed by atoms with Crippen LogP contribution in [0.4, 0.5) is 0 Å². The summed E-state index contributed by atoms with van der Waals surface area (Å²) in [6.07, 6.45) is 44.7. The summed E-state index contributed by atoms with van der Waals surface area (Å²) in [4.78, 5) is 0. The Bertz CT molecular complexity index is 536. The molecule has 0 amide bonds. The molecule has 0 fully saturated rings. The Morgan fingerprint density at radius 1 is 0.362 bits per heavy atom. The number of hydrogen-bond donors (Lipinski definition) is 1. The van der Waals surface area contributed by atoms with Crippen LogP contribution in [0.3, 0.4) is 0 Å². The molecule has 0 rings (SSSR count). The number of unbranched alkanes of at least 4 members (excludes halogenated alkanes) is 30. The molecule has 0 aromatic rings. The van der Waals surface area contributed by atoms with Gasteiger partial charge in [-0.25, -0.2) is 0 Å². The maximum atomic E-state index is 6.19. The average molecular weight is 691 g/mol. The Kier molecular flexibility index (Phi) is 46.3. The summed E-state index contributed by atoms with van der Waals surface area (Å²) < 4.78 is 18.0. The molecule has 0 aromatic heterocycles. The Balaban J connectivity index is 0. The second-order valence-corrected chi connectivity index (χ2v) is 14.7. The minimum absolute atomic E-state index is 0. The van der Waals surface area contributed by atoms with E-state index in [2.05, 4.69) is 13.8 Å². The molecule has 2 N–H and O–H groups in total. The molecule has 0 bridgehead atoms. The van der Waals surface area contributed by atoms with Gasteiger partial charge in [0.25, 0.3) is 0 Å². The van der Waals surface area contributed by atoms with Crippen molar-refractivity contribution in [3.05, 3.63) is 0 Å². The highest BCUT2D eigenvalue weighted by atomic mass is 35.5. The van der Waals surface area contributed by atoms with Crippen LogP contribution in [0.1, 0.15) is 226 Å². The SMILES string of the molecule is CCCCCCCCCCCCCCCCCCOCC(COCC(C)N)OCCCCCCCCCCCCCCCCCC.Cl. The van der Waals surface area contributed by atoms with Crippen molar-refractivity contribution in [3.63, 3.8) is 0 Å². The average Bonchev–Trinajstić information content (AvgIpc) is 3.05. The Morgan fingerprint density at radius 3 is 0.957 bits per heavy atom. The lowest BCUT2D eigenvalue weighted by atomic mass is 10.0. The van der Waals surface area contributed by atoms with Crippen molar-refractivity contribution in [1.82, 2.24) is 0 Å². The van der Waals surface area contributed by atoms with Gasteiger partial charge in [0.05, 0.1) is 19.8 Å². The van der Waals surface area contributed by atoms with Crippen LogP contribution in [0, 0.1) is 0 Å². The van der Waals surface area contributed by atoms with Crippen LogP contribution in [0.25, 0.3) is 0 Å². The monoisotopic (exact) mass is 690 g/mol. The second kappa shape index (κ2) is 44.2. The predicted molar refractivity (Wildman–Crippen MR) is 211 cm³/mol. The van der Waals surface area contributed by atoms with Crippen molar-refractivity contribution >= 4 is 12.4 Å². The molecule has 0 radical (unpaired) electrons. The van der Waals surface area contributed by atoms with Crippen LogP contribution in [0.15, 0.2) is 0 Å². The minimum Gasteiger partial charge on any atom is -0.379 e. The van der Waals surface area contributed by atoms with E-state index in [1.807, 2.05) is 6.92 Å². The number of hydrogen-bond acceptors (Lipinski definition) is 4. The maximum absolute atomic E-state index is 6.19. The topological polar surface area (TPSA) is 53.7 Å². The molecule has 2 atom stereocenters. The second-order valence-electron chi connectivity index (χ2n) is 14.7. The van der Waals surface area contributed by atoms with Gasteiger partial charge < -0.3 is 19.9 Å². The molecule has 0 aliphatic heterocycles. The summed E-state index contributed by atoms with van der Waals surface area (Å²) in [5.41, 5.74) is 5.87. The Labute approximate surface area is 303 Å². The molecule has 286 valence electrons. The smallest absolute Gasteiger partial charge is 0.104 e. The number of nitrogens with two attached hydrogens (primary N) is 1. The van der Waals surface area contributed by atoms with Crippen molar-refractivity contribution in [3.8, 4) is 0 Å². The lowest BCUT2D eigenvalue weighted by Crippen LogP contribution is -2.30. The van der Waals surface area contributed by atoms with Crippen LogP contribution < -0.4 is 5.73 Å². The summed E-state index contributed by atoms with van der Waals surface area (Å²) in [6.45, 7) is 10.0. The molecular weight excluding hydrogens is 602 g/mol. The van der Waals surface area contributed by atoms with Gasteiger partial charge in [0, 0.05) is 19.3 Å². The van der Waals surface area contributed by atoms with Crippen LogP contribution in [0.2, 0.25) is 0 Å². The fraction of sp³-hybridized carbons (Fsp3) is 1.00. The first kappa shape index (κ1) is 49.2. The van der Waals surface area contributed by atoms with Crippen LogP contribution in [-0.2, 0) is 14.2 Å². The first-order valence-corrected chi connectivity index (χ1v) is 21.2. The van der Waals surface area contributed by atoms with Gasteiger partial charge in [0.1, 0.15) is 6.10 Å². The van der Waals surface area contributed by atoms with Gasteiger partial charge in [-0.15, -0.1) is 12.4 Å². The van der Waals surface area contributed by atoms with Crippen molar-refractivity contribution < 1.29 is 14.2 Å². The number of ether oxygens (including phenoxy) is 3. The maximum Gasteiger partial charge on any atom is 0.104 e. The zero-order valence-electron chi connectivity index (χ0n) is 32.5. The van der Waals surface area contributed by atoms with Gasteiger partial charge in [0.15, 0.2) is 0 Å². The molecule has 4 nitrogen and oxygen atoms in total. The van der Waals surface area contributed by atoms with Gasteiger partial charge in [-0.1, -0.05) is 206 Å². The van der Waals surface area contributed by atoms with Crippen LogP contribution in [-0.4, -0.2) is 45.2 Å². The highest BCUT2D eigenvalue weighted by molar-refractivity contribution is 5.85. The van der Waals surface area contributed by atoms with E-state index in [1.165, 1.54) is 193 Å². The molecule has 0 spiro atoms. The summed E-state index contributed by atoms with van der Waals surface area (Å²) >= 11 is 0. The lowest BCUT2D eigenvalue weighted by molar-refractivity contribution is -0.0623. The third-order valence-electron chi connectivity index (χ3n) is 9.48. The van der Waals surface area contributed by atoms with Gasteiger partial charge >= 0.3 is 0 Å². The van der Waals surface area contributed by atoms with E-state index in [1.54, 1.807) is 0 Å². The summed E-state index contributed by atoms with van der Waals surface area (Å²) in [7, 11) is 0. The van der Waals surface area contributed by atoms with Gasteiger partial charge in [-0.05, 0) is 19.8 Å². The van der Waals surface area contributed by atoms with Crippen molar-refractivity contribution in [2.45, 2.75) is 238 Å². The number of halogens is 1. The normalized spacial score (nSPS) is 12.8. The molecule has 0 aliphatic rings. The largest absolute Gasteiger partial charge is 0.379 e. The minimum atomic E-state index is 0. The summed E-state index contributed by atoms with van der Waals surface area (Å²) in [5, 5.41) is 0. The number of rotatable bonds is 41. The fourth-order valence-corrected chi connectivity index (χ4v) is 6.40. The molecule has 2 unspecified atom stereocenters. The molecule has 5 heteroatoms. The van der Waals surface area contributed by atoms with Crippen molar-refractivity contribution in [2.75, 3.05) is 33.0 Å². The fourth-order valence-electron chi connectivity index (χ4n) is 6.40. The predicted octanol–water partition coefficient (Wildman–Crippen LogP) is 13.7. The van der Waals surface area contributed by atoms with E-state index < -0.39 is 0 Å². The highest BCUT2D eigenvalue weighted by Gasteiger charge is 2.11. The third kappa shape index (κ3) is 44.1. The van der Waals surface area contributed by atoms with Crippen molar-refractivity contribution in [2.24, 2.45) is 5.73 Å². The zero-order chi connectivity index (χ0) is 33.4. The molecule has 0 aliphatic carbocycles. The van der Waals surface area contributed by atoms with E-state index in [0.717, 1.165) is 26.1 Å². The van der Waals surface area contributed by atoms with Crippen LogP contribution in [0.5, 0.6) is 0 Å². The molecule has 0 heterocycles. The van der Waals surface area contributed by atoms with Crippen molar-refractivity contribution in [1.29, 1.82) is 0 Å². The Hall–Kier alpha value is 0.130. The molecule has 47 heavy (non-hydrogen) atoms. The quantitative estimate of drug-likeness (QED) is 0.0649. The molecule has 0 saturated carbocycles.